The van der Waals surface area contributed by atoms with Crippen LogP contribution in [0, 0.1) is 11.3 Å². The molecule has 0 saturated heterocycles. The van der Waals surface area contributed by atoms with Crippen molar-refractivity contribution in [3.8, 4) is 11.8 Å². The van der Waals surface area contributed by atoms with E-state index in [-0.39, 0.29) is 5.92 Å². The summed E-state index contributed by atoms with van der Waals surface area (Å²) >= 11 is 0. The summed E-state index contributed by atoms with van der Waals surface area (Å²) in [4.78, 5) is 0. The van der Waals surface area contributed by atoms with E-state index in [1.807, 2.05) is 42.5 Å². The van der Waals surface area contributed by atoms with Crippen LogP contribution < -0.4 is 4.74 Å². The van der Waals surface area contributed by atoms with Crippen LogP contribution in [0.5, 0.6) is 5.75 Å². The summed E-state index contributed by atoms with van der Waals surface area (Å²) in [5.74, 6) is 0.479. The molecule has 0 unspecified atom stereocenters. The first-order valence-corrected chi connectivity index (χ1v) is 6.42. The Labute approximate surface area is 114 Å². The largest absolute Gasteiger partial charge is 0.496 e. The first kappa shape index (κ1) is 13.2. The lowest BCUT2D eigenvalue weighted by atomic mass is 9.88. The number of hydrogen-bond donors (Lipinski definition) is 0. The number of aryl methyl sites for hydroxylation is 1. The van der Waals surface area contributed by atoms with Gasteiger partial charge >= 0.3 is 0 Å². The Balaban J connectivity index is 2.54. The van der Waals surface area contributed by atoms with Crippen molar-refractivity contribution in [1.29, 1.82) is 5.26 Å². The summed E-state index contributed by atoms with van der Waals surface area (Å²) in [6, 6.07) is 18.2. The molecule has 2 nitrogen and oxygen atoms in total. The van der Waals surface area contributed by atoms with Gasteiger partial charge in [-0.05, 0) is 23.6 Å². The maximum atomic E-state index is 9.57. The van der Waals surface area contributed by atoms with E-state index in [4.69, 9.17) is 4.74 Å². The maximum absolute atomic E-state index is 9.57. The van der Waals surface area contributed by atoms with Crippen molar-refractivity contribution in [3.05, 3.63) is 65.2 Å². The van der Waals surface area contributed by atoms with Crippen molar-refractivity contribution < 1.29 is 4.74 Å². The zero-order chi connectivity index (χ0) is 13.7. The smallest absolute Gasteiger partial charge is 0.123 e. The van der Waals surface area contributed by atoms with Crippen molar-refractivity contribution in [3.63, 3.8) is 0 Å². The predicted octanol–water partition coefficient (Wildman–Crippen LogP) is 3.91. The fraction of sp³-hybridized carbons (Fsp3) is 0.235. The van der Waals surface area contributed by atoms with Crippen molar-refractivity contribution in [2.45, 2.75) is 19.3 Å². The monoisotopic (exact) mass is 251 g/mol. The van der Waals surface area contributed by atoms with E-state index in [2.05, 4.69) is 19.1 Å². The second-order valence-electron chi connectivity index (χ2n) is 4.36. The number of nitrogens with zero attached hydrogens (tertiary/aromatic N) is 1. The lowest BCUT2D eigenvalue weighted by molar-refractivity contribution is 0.409. The van der Waals surface area contributed by atoms with Crippen LogP contribution in [0.3, 0.4) is 0 Å². The second-order valence-corrected chi connectivity index (χ2v) is 4.36. The molecule has 2 heteroatoms. The molecular formula is C17H17NO. The number of nitriles is 1. The molecule has 0 aliphatic carbocycles. The van der Waals surface area contributed by atoms with Crippen molar-refractivity contribution in [2.75, 3.05) is 7.11 Å². The number of ether oxygens (including phenoxy) is 1. The maximum Gasteiger partial charge on any atom is 0.123 e. The molecule has 0 spiro atoms. The average Bonchev–Trinajstić information content (AvgIpc) is 2.49. The molecule has 1 atom stereocenters. The second kappa shape index (κ2) is 6.06. The molecule has 0 radical (unpaired) electrons. The SMILES string of the molecule is CCc1ccccc1[C@@H](C#N)c1ccccc1OC. The topological polar surface area (TPSA) is 33.0 Å². The summed E-state index contributed by atoms with van der Waals surface area (Å²) in [7, 11) is 1.64. The lowest BCUT2D eigenvalue weighted by Crippen LogP contribution is -2.04. The summed E-state index contributed by atoms with van der Waals surface area (Å²) in [5, 5.41) is 9.57. The van der Waals surface area contributed by atoms with Gasteiger partial charge in [-0.3, -0.25) is 0 Å². The summed E-state index contributed by atoms with van der Waals surface area (Å²) in [6.45, 7) is 2.11. The van der Waals surface area contributed by atoms with Crippen molar-refractivity contribution in [2.24, 2.45) is 0 Å². The van der Waals surface area contributed by atoms with Gasteiger partial charge in [0.1, 0.15) is 11.7 Å². The molecule has 0 aliphatic heterocycles. The van der Waals surface area contributed by atoms with Crippen LogP contribution in [-0.2, 0) is 6.42 Å². The van der Waals surface area contributed by atoms with E-state index in [9.17, 15) is 5.26 Å². The zero-order valence-electron chi connectivity index (χ0n) is 11.3. The molecule has 2 rings (SSSR count). The number of rotatable bonds is 4. The van der Waals surface area contributed by atoms with Crippen LogP contribution in [-0.4, -0.2) is 7.11 Å². The van der Waals surface area contributed by atoms with E-state index in [1.165, 1.54) is 5.56 Å². The molecule has 0 N–H and O–H groups in total. The minimum absolute atomic E-state index is 0.285. The van der Waals surface area contributed by atoms with E-state index >= 15 is 0 Å². The Kier molecular flexibility index (Phi) is 4.20. The molecule has 0 aromatic heterocycles. The van der Waals surface area contributed by atoms with Gasteiger partial charge in [0.05, 0.1) is 13.2 Å². The quantitative estimate of drug-likeness (QED) is 0.825. The van der Waals surface area contributed by atoms with E-state index in [0.717, 1.165) is 23.3 Å². The summed E-state index contributed by atoms with van der Waals surface area (Å²) < 4.78 is 5.37. The van der Waals surface area contributed by atoms with E-state index < -0.39 is 0 Å². The molecule has 0 saturated carbocycles. The third-order valence-corrected chi connectivity index (χ3v) is 3.33. The van der Waals surface area contributed by atoms with Gasteiger partial charge in [-0.25, -0.2) is 0 Å². The number of hydrogen-bond acceptors (Lipinski definition) is 2. The first-order chi connectivity index (χ1) is 9.31. The van der Waals surface area contributed by atoms with Gasteiger partial charge in [0, 0.05) is 5.56 Å². The highest BCUT2D eigenvalue weighted by atomic mass is 16.5. The molecular weight excluding hydrogens is 234 g/mol. The van der Waals surface area contributed by atoms with E-state index in [1.54, 1.807) is 7.11 Å². The molecule has 0 heterocycles. The summed E-state index contributed by atoms with van der Waals surface area (Å²) in [5.41, 5.74) is 3.20. The van der Waals surface area contributed by atoms with Crippen LogP contribution in [0.2, 0.25) is 0 Å². The molecule has 0 amide bonds. The fourth-order valence-electron chi connectivity index (χ4n) is 2.35. The highest BCUT2D eigenvalue weighted by Gasteiger charge is 2.19. The van der Waals surface area contributed by atoms with Crippen LogP contribution in [0.15, 0.2) is 48.5 Å². The fourth-order valence-corrected chi connectivity index (χ4v) is 2.35. The van der Waals surface area contributed by atoms with Gasteiger partial charge < -0.3 is 4.74 Å². The predicted molar refractivity (Wildman–Crippen MR) is 76.3 cm³/mol. The minimum Gasteiger partial charge on any atom is -0.496 e. The highest BCUT2D eigenvalue weighted by Crippen LogP contribution is 2.33. The van der Waals surface area contributed by atoms with Gasteiger partial charge in [-0.15, -0.1) is 0 Å². The molecule has 0 bridgehead atoms. The van der Waals surface area contributed by atoms with Crippen LogP contribution in [0.1, 0.15) is 29.5 Å². The normalized spacial score (nSPS) is 11.6. The molecule has 19 heavy (non-hydrogen) atoms. The Morgan fingerprint density at radius 3 is 2.32 bits per heavy atom. The molecule has 96 valence electrons. The van der Waals surface area contributed by atoms with Gasteiger partial charge in [-0.1, -0.05) is 49.4 Å². The standard InChI is InChI=1S/C17H17NO/c1-3-13-8-4-5-9-14(13)16(12-18)15-10-6-7-11-17(15)19-2/h4-11,16H,3H2,1-2H3/t16-/m1/s1. The number of para-hydroxylation sites is 1. The van der Waals surface area contributed by atoms with Crippen molar-refractivity contribution in [1.82, 2.24) is 0 Å². The average molecular weight is 251 g/mol. The molecule has 0 aliphatic rings. The Hall–Kier alpha value is -2.27. The number of methoxy groups -OCH3 is 1. The summed E-state index contributed by atoms with van der Waals surface area (Å²) in [6.07, 6.45) is 0.920. The van der Waals surface area contributed by atoms with Crippen LogP contribution in [0.25, 0.3) is 0 Å². The molecule has 0 fully saturated rings. The highest BCUT2D eigenvalue weighted by molar-refractivity contribution is 5.48. The van der Waals surface area contributed by atoms with Gasteiger partial charge in [0.25, 0.3) is 0 Å². The first-order valence-electron chi connectivity index (χ1n) is 6.42. The third kappa shape index (κ3) is 2.61. The van der Waals surface area contributed by atoms with Crippen LogP contribution >= 0.6 is 0 Å². The van der Waals surface area contributed by atoms with Crippen LogP contribution in [0.4, 0.5) is 0 Å². The zero-order valence-corrected chi connectivity index (χ0v) is 11.3. The number of benzene rings is 2. The van der Waals surface area contributed by atoms with E-state index in [0.29, 0.717) is 0 Å². The lowest BCUT2D eigenvalue weighted by Gasteiger charge is -2.16. The molecule has 2 aromatic carbocycles. The Morgan fingerprint density at radius 2 is 1.68 bits per heavy atom. The molecule has 2 aromatic rings. The van der Waals surface area contributed by atoms with Gasteiger partial charge in [-0.2, -0.15) is 5.26 Å². The Bertz CT molecular complexity index is 551. The van der Waals surface area contributed by atoms with Crippen molar-refractivity contribution >= 4 is 0 Å². The minimum atomic E-state index is -0.285. The third-order valence-electron chi connectivity index (χ3n) is 3.33. The van der Waals surface area contributed by atoms with Gasteiger partial charge in [0.2, 0.25) is 0 Å². The van der Waals surface area contributed by atoms with Gasteiger partial charge in [0.15, 0.2) is 0 Å². The Morgan fingerprint density at radius 1 is 1.05 bits per heavy atom.